The molecule has 6 nitrogen and oxygen atoms in total. The molecule has 0 fully saturated rings. The Kier molecular flexibility index (Phi) is 5.03. The number of nitrogens with zero attached hydrogens (tertiary/aromatic N) is 4. The number of anilines is 2. The van der Waals surface area contributed by atoms with Crippen molar-refractivity contribution in [3.63, 3.8) is 0 Å². The maximum absolute atomic E-state index is 6.01. The maximum Gasteiger partial charge on any atom is 0.187 e. The van der Waals surface area contributed by atoms with Crippen LogP contribution in [0.1, 0.15) is 45.0 Å². The largest absolute Gasteiger partial charge is 0.451 e. The van der Waals surface area contributed by atoms with E-state index in [9.17, 15) is 0 Å². The molecule has 0 aliphatic carbocycles. The van der Waals surface area contributed by atoms with E-state index in [1.54, 1.807) is 13.1 Å². The Labute approximate surface area is 137 Å². The van der Waals surface area contributed by atoms with Gasteiger partial charge in [-0.25, -0.2) is 15.0 Å². The molecule has 2 N–H and O–H groups in total. The second-order valence-electron chi connectivity index (χ2n) is 6.21. The Bertz CT molecular complexity index is 685. The molecule has 0 bridgehead atoms. The average molecular weight is 315 g/mol. The van der Waals surface area contributed by atoms with Crippen LogP contribution in [0.5, 0.6) is 11.5 Å². The van der Waals surface area contributed by atoms with Gasteiger partial charge in [0.15, 0.2) is 11.6 Å². The standard InChI is InChI=1S/C17H25N5O/c1-10(2)13-8-20-16(22(6)11(3)4)7-14(13)23-15-9-19-12(5)21-17(15)18/h7-11H,1-6H3,(H2,18,19,21). The lowest BCUT2D eigenvalue weighted by Gasteiger charge is -2.24. The van der Waals surface area contributed by atoms with Crippen LogP contribution in [0.4, 0.5) is 11.6 Å². The molecule has 2 aromatic rings. The van der Waals surface area contributed by atoms with Gasteiger partial charge >= 0.3 is 0 Å². The number of hydrogen-bond acceptors (Lipinski definition) is 6. The molecule has 0 aromatic carbocycles. The zero-order valence-electron chi connectivity index (χ0n) is 14.7. The van der Waals surface area contributed by atoms with Gasteiger partial charge in [0.1, 0.15) is 17.4 Å². The second kappa shape index (κ2) is 6.81. The number of pyridine rings is 1. The van der Waals surface area contributed by atoms with Crippen LogP contribution in [-0.4, -0.2) is 28.0 Å². The fourth-order valence-corrected chi connectivity index (χ4v) is 2.09. The topological polar surface area (TPSA) is 77.2 Å². The number of hydrogen-bond donors (Lipinski definition) is 1. The van der Waals surface area contributed by atoms with Crippen LogP contribution >= 0.6 is 0 Å². The lowest BCUT2D eigenvalue weighted by Crippen LogP contribution is -2.26. The van der Waals surface area contributed by atoms with E-state index < -0.39 is 0 Å². The molecule has 2 heterocycles. The van der Waals surface area contributed by atoms with Crippen LogP contribution in [0, 0.1) is 6.92 Å². The highest BCUT2D eigenvalue weighted by atomic mass is 16.5. The number of nitrogens with two attached hydrogens (primary N) is 1. The molecular formula is C17H25N5O. The first-order valence-electron chi connectivity index (χ1n) is 7.79. The van der Waals surface area contributed by atoms with E-state index in [2.05, 4.69) is 47.5 Å². The van der Waals surface area contributed by atoms with E-state index in [0.717, 1.165) is 17.1 Å². The summed E-state index contributed by atoms with van der Waals surface area (Å²) in [6, 6.07) is 2.28. The molecule has 6 heteroatoms. The molecule has 23 heavy (non-hydrogen) atoms. The van der Waals surface area contributed by atoms with E-state index in [1.165, 1.54) is 0 Å². The molecule has 0 aliphatic heterocycles. The van der Waals surface area contributed by atoms with Gasteiger partial charge in [-0.2, -0.15) is 0 Å². The lowest BCUT2D eigenvalue weighted by molar-refractivity contribution is 0.469. The number of ether oxygens (including phenoxy) is 1. The van der Waals surface area contributed by atoms with Crippen LogP contribution in [0.3, 0.4) is 0 Å². The van der Waals surface area contributed by atoms with Crippen molar-refractivity contribution in [1.82, 2.24) is 15.0 Å². The van der Waals surface area contributed by atoms with Gasteiger partial charge in [0.2, 0.25) is 0 Å². The summed E-state index contributed by atoms with van der Waals surface area (Å²) in [7, 11) is 2.01. The summed E-state index contributed by atoms with van der Waals surface area (Å²) < 4.78 is 6.01. The summed E-state index contributed by atoms with van der Waals surface area (Å²) in [6.45, 7) is 10.2. The molecule has 0 spiro atoms. The van der Waals surface area contributed by atoms with Gasteiger partial charge in [-0.15, -0.1) is 0 Å². The molecule has 0 radical (unpaired) electrons. The Hall–Kier alpha value is -2.37. The third-order valence-electron chi connectivity index (χ3n) is 3.76. The van der Waals surface area contributed by atoms with Gasteiger partial charge in [0, 0.05) is 30.9 Å². The number of nitrogen functional groups attached to an aromatic ring is 1. The van der Waals surface area contributed by atoms with Gasteiger partial charge in [-0.1, -0.05) is 13.8 Å². The maximum atomic E-state index is 6.01. The van der Waals surface area contributed by atoms with Crippen molar-refractivity contribution in [3.05, 3.63) is 29.8 Å². The van der Waals surface area contributed by atoms with Crippen LogP contribution in [0.2, 0.25) is 0 Å². The summed E-state index contributed by atoms with van der Waals surface area (Å²) in [5.74, 6) is 3.28. The molecule has 0 atom stereocenters. The van der Waals surface area contributed by atoms with Crippen molar-refractivity contribution in [2.75, 3.05) is 17.7 Å². The third kappa shape index (κ3) is 3.88. The Morgan fingerprint density at radius 2 is 1.78 bits per heavy atom. The first-order valence-corrected chi connectivity index (χ1v) is 7.79. The van der Waals surface area contributed by atoms with Crippen LogP contribution in [-0.2, 0) is 0 Å². The lowest BCUT2D eigenvalue weighted by atomic mass is 10.0. The van der Waals surface area contributed by atoms with Crippen LogP contribution < -0.4 is 15.4 Å². The third-order valence-corrected chi connectivity index (χ3v) is 3.76. The summed E-state index contributed by atoms with van der Waals surface area (Å²) >= 11 is 0. The first-order chi connectivity index (χ1) is 10.8. The molecule has 124 valence electrons. The van der Waals surface area contributed by atoms with E-state index in [-0.39, 0.29) is 5.92 Å². The number of aryl methyl sites for hydroxylation is 1. The smallest absolute Gasteiger partial charge is 0.187 e. The summed E-state index contributed by atoms with van der Waals surface area (Å²) in [5.41, 5.74) is 6.96. The summed E-state index contributed by atoms with van der Waals surface area (Å²) in [4.78, 5) is 14.9. The van der Waals surface area contributed by atoms with Crippen molar-refractivity contribution < 1.29 is 4.74 Å². The fourth-order valence-electron chi connectivity index (χ4n) is 2.09. The van der Waals surface area contributed by atoms with E-state index in [1.807, 2.05) is 19.3 Å². The van der Waals surface area contributed by atoms with Crippen molar-refractivity contribution >= 4 is 11.6 Å². The monoisotopic (exact) mass is 315 g/mol. The van der Waals surface area contributed by atoms with Crippen molar-refractivity contribution in [2.45, 2.75) is 46.6 Å². The first kappa shape index (κ1) is 17.0. The minimum absolute atomic E-state index is 0.281. The average Bonchev–Trinajstić information content (AvgIpc) is 2.48. The quantitative estimate of drug-likeness (QED) is 0.909. The Balaban J connectivity index is 2.43. The molecule has 0 amide bonds. The second-order valence-corrected chi connectivity index (χ2v) is 6.21. The zero-order chi connectivity index (χ0) is 17.1. The molecule has 0 unspecified atom stereocenters. The SMILES string of the molecule is Cc1ncc(Oc2cc(N(C)C(C)C)ncc2C(C)C)c(N)n1. The van der Waals surface area contributed by atoms with Gasteiger partial charge < -0.3 is 15.4 Å². The van der Waals surface area contributed by atoms with Crippen LogP contribution in [0.25, 0.3) is 0 Å². The summed E-state index contributed by atoms with van der Waals surface area (Å²) in [6.07, 6.45) is 3.47. The molecule has 0 saturated carbocycles. The number of rotatable bonds is 5. The van der Waals surface area contributed by atoms with E-state index in [0.29, 0.717) is 23.4 Å². The molecule has 0 aliphatic rings. The minimum Gasteiger partial charge on any atom is -0.451 e. The van der Waals surface area contributed by atoms with E-state index in [4.69, 9.17) is 10.5 Å². The van der Waals surface area contributed by atoms with Crippen LogP contribution in [0.15, 0.2) is 18.5 Å². The Morgan fingerprint density at radius 1 is 1.09 bits per heavy atom. The zero-order valence-corrected chi connectivity index (χ0v) is 14.7. The van der Waals surface area contributed by atoms with Gasteiger partial charge in [0.25, 0.3) is 0 Å². The van der Waals surface area contributed by atoms with Gasteiger partial charge in [-0.3, -0.25) is 0 Å². The molecular weight excluding hydrogens is 290 g/mol. The highest BCUT2D eigenvalue weighted by Gasteiger charge is 2.16. The predicted octanol–water partition coefficient (Wildman–Crippen LogP) is 3.52. The fraction of sp³-hybridized carbons (Fsp3) is 0.471. The van der Waals surface area contributed by atoms with Gasteiger partial charge in [0.05, 0.1) is 6.20 Å². The normalized spacial score (nSPS) is 11.1. The summed E-state index contributed by atoms with van der Waals surface area (Å²) in [5, 5.41) is 0. The van der Waals surface area contributed by atoms with Gasteiger partial charge in [-0.05, 0) is 26.7 Å². The molecule has 2 rings (SSSR count). The minimum atomic E-state index is 0.281. The van der Waals surface area contributed by atoms with Crippen molar-refractivity contribution in [1.29, 1.82) is 0 Å². The highest BCUT2D eigenvalue weighted by molar-refractivity contribution is 5.52. The highest BCUT2D eigenvalue weighted by Crippen LogP contribution is 2.34. The van der Waals surface area contributed by atoms with E-state index >= 15 is 0 Å². The molecule has 0 saturated heterocycles. The number of aromatic nitrogens is 3. The molecule has 2 aromatic heterocycles. The Morgan fingerprint density at radius 3 is 2.35 bits per heavy atom. The predicted molar refractivity (Wildman–Crippen MR) is 93.1 cm³/mol. The van der Waals surface area contributed by atoms with Crippen molar-refractivity contribution in [3.8, 4) is 11.5 Å². The van der Waals surface area contributed by atoms with Crippen molar-refractivity contribution in [2.24, 2.45) is 0 Å².